The number of ketones is 1. The zero-order valence-electron chi connectivity index (χ0n) is 5.23. The van der Waals surface area contributed by atoms with Crippen LogP contribution < -0.4 is 0 Å². The molecule has 7 nitrogen and oxygen atoms in total. The monoisotopic (exact) mass is 157 g/mol. The molecule has 0 aromatic carbocycles. The van der Waals surface area contributed by atoms with Crippen molar-refractivity contribution in [3.05, 3.63) is 0 Å². The van der Waals surface area contributed by atoms with E-state index >= 15 is 0 Å². The number of nitrogens with one attached hydrogen (secondary N) is 1. The van der Waals surface area contributed by atoms with Crippen LogP contribution in [0, 0.1) is 5.41 Å². The molecule has 0 aliphatic carbocycles. The van der Waals surface area contributed by atoms with Gasteiger partial charge in [0.1, 0.15) is 0 Å². The number of carbonyl (C=O) groups is 2. The Balaban J connectivity index is 0.000000292. The maximum absolute atomic E-state index is 10.2. The van der Waals surface area contributed by atoms with Crippen molar-refractivity contribution in [2.45, 2.75) is 0 Å². The highest BCUT2D eigenvalue weighted by molar-refractivity contribution is 6.37. The molecule has 0 atom stereocenters. The number of isocyanates is 1. The summed E-state index contributed by atoms with van der Waals surface area (Å²) in [5, 5.41) is 11.1. The second kappa shape index (κ2) is 4.95. The summed E-state index contributed by atoms with van der Waals surface area (Å²) in [6.45, 7) is -0.275. The highest BCUT2D eigenvalue weighted by Gasteiger charge is 2.16. The molecule has 0 bridgehead atoms. The largest absolute Gasteiger partial charge is 0.371 e. The van der Waals surface area contributed by atoms with Crippen LogP contribution in [-0.4, -0.2) is 24.4 Å². The highest BCUT2D eigenvalue weighted by atomic mass is 16.6. The molecule has 0 fully saturated rings. The zero-order chi connectivity index (χ0) is 8.69. The number of carbonyl (C=O) groups excluding carboxylic acids is 3. The second-order valence-electron chi connectivity index (χ2n) is 1.29. The fraction of sp³-hybridized carbons (Fsp3) is 0.250. The Hall–Kier alpha value is -1.88. The summed E-state index contributed by atoms with van der Waals surface area (Å²) >= 11 is 0. The van der Waals surface area contributed by atoms with Gasteiger partial charge in [-0.15, -0.1) is 0 Å². The normalized spacial score (nSPS) is 14.2. The molecule has 1 aliphatic heterocycles. The van der Waals surface area contributed by atoms with Crippen LogP contribution in [0.3, 0.4) is 0 Å². The number of rotatable bonds is 0. The summed E-state index contributed by atoms with van der Waals surface area (Å²) in [4.78, 5) is 32.8. The van der Waals surface area contributed by atoms with Crippen LogP contribution in [0.5, 0.6) is 0 Å². The zero-order valence-corrected chi connectivity index (χ0v) is 5.23. The Morgan fingerprint density at radius 1 is 1.55 bits per heavy atom. The van der Waals surface area contributed by atoms with Gasteiger partial charge in [-0.3, -0.25) is 9.59 Å². The summed E-state index contributed by atoms with van der Waals surface area (Å²) in [5.74, 6) is -1.49. The summed E-state index contributed by atoms with van der Waals surface area (Å²) in [5.41, 5.74) is 0. The average Bonchev–Trinajstić information content (AvgIpc) is 1.97. The topological polar surface area (TPSA) is 109 Å². The Bertz CT molecular complexity index is 227. The first-order valence-electron chi connectivity index (χ1n) is 2.36. The number of amides is 1. The minimum Gasteiger partial charge on any atom is -0.371 e. The molecule has 11 heavy (non-hydrogen) atoms. The SMILES string of the molecule is N=C=O.O=C1CON=NC1=O. The number of hydrogen-bond donors (Lipinski definition) is 1. The number of nitrogens with zero attached hydrogens (tertiary/aromatic N) is 2. The predicted molar refractivity (Wildman–Crippen MR) is 29.2 cm³/mol. The molecule has 0 aromatic heterocycles. The number of hydrogen-bond acceptors (Lipinski definition) is 6. The first-order chi connectivity index (χ1) is 5.22. The third-order valence-electron chi connectivity index (χ3n) is 0.624. The Labute approximate surface area is 60.5 Å². The van der Waals surface area contributed by atoms with Crippen LogP contribution in [-0.2, 0) is 19.2 Å². The van der Waals surface area contributed by atoms with E-state index in [0.717, 1.165) is 6.08 Å². The minimum absolute atomic E-state index is 0.275. The van der Waals surface area contributed by atoms with E-state index < -0.39 is 11.7 Å². The van der Waals surface area contributed by atoms with E-state index in [2.05, 4.69) is 15.2 Å². The Morgan fingerprint density at radius 3 is 2.36 bits per heavy atom. The van der Waals surface area contributed by atoms with Gasteiger partial charge in [0, 0.05) is 5.28 Å². The number of Topliss-reactive ketones (excluding diaryl/α,β-unsaturated/α-hetero) is 1. The average molecular weight is 157 g/mol. The van der Waals surface area contributed by atoms with Crippen molar-refractivity contribution in [3.63, 3.8) is 0 Å². The Kier molecular flexibility index (Phi) is 4.10. The van der Waals surface area contributed by atoms with Crippen LogP contribution >= 0.6 is 0 Å². The van der Waals surface area contributed by atoms with Gasteiger partial charge < -0.3 is 4.84 Å². The van der Waals surface area contributed by atoms with Gasteiger partial charge in [-0.05, 0) is 0 Å². The molecule has 0 saturated carbocycles. The van der Waals surface area contributed by atoms with Crippen molar-refractivity contribution in [2.75, 3.05) is 6.61 Å². The molecule has 1 rings (SSSR count). The van der Waals surface area contributed by atoms with Gasteiger partial charge in [0.15, 0.2) is 6.61 Å². The lowest BCUT2D eigenvalue weighted by atomic mass is 10.4. The van der Waals surface area contributed by atoms with E-state index in [1.807, 2.05) is 0 Å². The third kappa shape index (κ3) is 3.66. The van der Waals surface area contributed by atoms with Crippen LogP contribution in [0.25, 0.3) is 0 Å². The molecule has 0 radical (unpaired) electrons. The van der Waals surface area contributed by atoms with Crippen LogP contribution in [0.4, 0.5) is 0 Å². The summed E-state index contributed by atoms with van der Waals surface area (Å²) in [6, 6.07) is 0. The lowest BCUT2D eigenvalue weighted by molar-refractivity contribution is -0.142. The van der Waals surface area contributed by atoms with E-state index in [1.54, 1.807) is 0 Å². The second-order valence-corrected chi connectivity index (χ2v) is 1.29. The fourth-order valence-electron chi connectivity index (χ4n) is 0.271. The van der Waals surface area contributed by atoms with Crippen molar-refractivity contribution in [2.24, 2.45) is 10.4 Å². The van der Waals surface area contributed by atoms with Gasteiger partial charge >= 0.3 is 5.91 Å². The van der Waals surface area contributed by atoms with Gasteiger partial charge in [-0.2, -0.15) is 0 Å². The van der Waals surface area contributed by atoms with Gasteiger partial charge in [0.05, 0.1) is 0 Å². The highest BCUT2D eigenvalue weighted by Crippen LogP contribution is 1.91. The summed E-state index contributed by atoms with van der Waals surface area (Å²) in [7, 11) is 0. The van der Waals surface area contributed by atoms with E-state index in [0.29, 0.717) is 0 Å². The predicted octanol–water partition coefficient (Wildman–Crippen LogP) is -0.620. The lowest BCUT2D eigenvalue weighted by Crippen LogP contribution is -2.19. The molecule has 1 aliphatic rings. The molecule has 58 valence electrons. The molecule has 0 spiro atoms. The maximum Gasteiger partial charge on any atom is 0.337 e. The minimum atomic E-state index is -0.837. The molecule has 0 aromatic rings. The van der Waals surface area contributed by atoms with E-state index in [-0.39, 0.29) is 6.61 Å². The first kappa shape index (κ1) is 9.12. The maximum atomic E-state index is 10.2. The van der Waals surface area contributed by atoms with Crippen LogP contribution in [0.15, 0.2) is 10.4 Å². The van der Waals surface area contributed by atoms with Crippen LogP contribution in [0.2, 0.25) is 0 Å². The van der Waals surface area contributed by atoms with E-state index in [1.165, 1.54) is 0 Å². The summed E-state index contributed by atoms with van der Waals surface area (Å²) < 4.78 is 0. The molecule has 0 saturated heterocycles. The lowest BCUT2D eigenvalue weighted by Gasteiger charge is -1.96. The van der Waals surface area contributed by atoms with Crippen molar-refractivity contribution >= 4 is 17.8 Å². The van der Waals surface area contributed by atoms with E-state index in [4.69, 9.17) is 10.2 Å². The smallest absolute Gasteiger partial charge is 0.337 e. The first-order valence-corrected chi connectivity index (χ1v) is 2.36. The summed E-state index contributed by atoms with van der Waals surface area (Å²) in [6.07, 6.45) is 0.750. The standard InChI is InChI=1S/C3H2N2O3.CHNO/c6-2-1-8-5-4-3(2)7;2-1-3/h1H2;2H. The van der Waals surface area contributed by atoms with Crippen molar-refractivity contribution in [1.82, 2.24) is 0 Å². The quantitative estimate of drug-likeness (QED) is 0.287. The molecular formula is C4H3N3O4. The van der Waals surface area contributed by atoms with Gasteiger partial charge in [0.2, 0.25) is 6.08 Å². The molecule has 1 amide bonds. The van der Waals surface area contributed by atoms with Crippen molar-refractivity contribution in [1.29, 1.82) is 5.41 Å². The Morgan fingerprint density at radius 2 is 2.09 bits per heavy atom. The van der Waals surface area contributed by atoms with Crippen LogP contribution in [0.1, 0.15) is 0 Å². The van der Waals surface area contributed by atoms with Gasteiger partial charge in [-0.1, -0.05) is 5.11 Å². The van der Waals surface area contributed by atoms with Crippen molar-refractivity contribution < 1.29 is 19.2 Å². The molecule has 0 unspecified atom stereocenters. The molecule has 1 N–H and O–H groups in total. The van der Waals surface area contributed by atoms with Gasteiger partial charge in [-0.25, -0.2) is 10.2 Å². The van der Waals surface area contributed by atoms with E-state index in [9.17, 15) is 9.59 Å². The molecular weight excluding hydrogens is 154 g/mol. The molecule has 1 heterocycles. The molecule has 7 heteroatoms. The van der Waals surface area contributed by atoms with Crippen molar-refractivity contribution in [3.8, 4) is 0 Å². The third-order valence-corrected chi connectivity index (χ3v) is 0.624. The van der Waals surface area contributed by atoms with Gasteiger partial charge in [0.25, 0.3) is 5.78 Å². The fourth-order valence-corrected chi connectivity index (χ4v) is 0.271.